The Morgan fingerprint density at radius 3 is 2.29 bits per heavy atom. The zero-order valence-electron chi connectivity index (χ0n) is 15.5. The summed E-state index contributed by atoms with van der Waals surface area (Å²) in [6.07, 6.45) is -0.818. The van der Waals surface area contributed by atoms with Gasteiger partial charge in [-0.1, -0.05) is 46.6 Å². The highest BCUT2D eigenvalue weighted by Crippen LogP contribution is 2.34. The standard InChI is InChI=1S/C20H18Cl2N2O4/c1-11(2)26-14-9-7-13(8-10-14)18(27-12(3)25)20-23-19(24-28-20)17-15(21)5-4-6-16(17)22/h4-11,18H,1-3H3. The Morgan fingerprint density at radius 2 is 1.71 bits per heavy atom. The second kappa shape index (κ2) is 8.63. The quantitative estimate of drug-likeness (QED) is 0.491. The summed E-state index contributed by atoms with van der Waals surface area (Å²) < 4.78 is 16.4. The van der Waals surface area contributed by atoms with Crippen LogP contribution in [0.2, 0.25) is 10.0 Å². The van der Waals surface area contributed by atoms with Crippen molar-refractivity contribution in [2.45, 2.75) is 33.0 Å². The fourth-order valence-corrected chi connectivity index (χ4v) is 3.14. The number of aromatic nitrogens is 2. The molecule has 0 aliphatic carbocycles. The molecular weight excluding hydrogens is 403 g/mol. The minimum atomic E-state index is -0.867. The van der Waals surface area contributed by atoms with Gasteiger partial charge in [0.1, 0.15) is 5.75 Å². The van der Waals surface area contributed by atoms with Crippen molar-refractivity contribution in [3.63, 3.8) is 0 Å². The van der Waals surface area contributed by atoms with E-state index in [0.717, 1.165) is 0 Å². The van der Waals surface area contributed by atoms with E-state index in [2.05, 4.69) is 10.1 Å². The van der Waals surface area contributed by atoms with Gasteiger partial charge in [0, 0.05) is 12.5 Å². The molecule has 1 unspecified atom stereocenters. The zero-order valence-corrected chi connectivity index (χ0v) is 17.0. The summed E-state index contributed by atoms with van der Waals surface area (Å²) in [7, 11) is 0. The van der Waals surface area contributed by atoms with Gasteiger partial charge in [0.15, 0.2) is 0 Å². The van der Waals surface area contributed by atoms with E-state index in [9.17, 15) is 4.79 Å². The average molecular weight is 421 g/mol. The van der Waals surface area contributed by atoms with Crippen LogP contribution in [0.25, 0.3) is 11.4 Å². The van der Waals surface area contributed by atoms with Gasteiger partial charge in [-0.25, -0.2) is 0 Å². The molecule has 0 amide bonds. The highest BCUT2D eigenvalue weighted by molar-refractivity contribution is 6.38. The van der Waals surface area contributed by atoms with Crippen molar-refractivity contribution >= 4 is 29.2 Å². The summed E-state index contributed by atoms with van der Waals surface area (Å²) in [6, 6.07) is 12.2. The van der Waals surface area contributed by atoms with Gasteiger partial charge >= 0.3 is 5.97 Å². The number of carbonyl (C=O) groups excluding carboxylic acids is 1. The van der Waals surface area contributed by atoms with Crippen LogP contribution in [0, 0.1) is 0 Å². The maximum absolute atomic E-state index is 11.6. The maximum Gasteiger partial charge on any atom is 0.303 e. The smallest absolute Gasteiger partial charge is 0.303 e. The van der Waals surface area contributed by atoms with Crippen LogP contribution >= 0.6 is 23.2 Å². The molecule has 2 aromatic carbocycles. The molecule has 1 heterocycles. The van der Waals surface area contributed by atoms with E-state index < -0.39 is 12.1 Å². The Morgan fingerprint density at radius 1 is 1.07 bits per heavy atom. The van der Waals surface area contributed by atoms with Crippen LogP contribution in [0.4, 0.5) is 0 Å². The highest BCUT2D eigenvalue weighted by atomic mass is 35.5. The van der Waals surface area contributed by atoms with E-state index in [4.69, 9.17) is 37.2 Å². The first-order valence-electron chi connectivity index (χ1n) is 8.57. The lowest BCUT2D eigenvalue weighted by Gasteiger charge is -2.15. The summed E-state index contributed by atoms with van der Waals surface area (Å²) in [5.41, 5.74) is 1.11. The maximum atomic E-state index is 11.6. The van der Waals surface area contributed by atoms with Crippen molar-refractivity contribution < 1.29 is 18.8 Å². The highest BCUT2D eigenvalue weighted by Gasteiger charge is 2.26. The topological polar surface area (TPSA) is 74.5 Å². The lowest BCUT2D eigenvalue weighted by atomic mass is 10.1. The number of carbonyl (C=O) groups is 1. The molecule has 0 aliphatic rings. The van der Waals surface area contributed by atoms with Crippen molar-refractivity contribution in [3.05, 3.63) is 64.0 Å². The first-order chi connectivity index (χ1) is 13.3. The normalized spacial score (nSPS) is 12.1. The molecule has 0 N–H and O–H groups in total. The molecule has 0 spiro atoms. The number of hydrogen-bond donors (Lipinski definition) is 0. The molecule has 0 bridgehead atoms. The number of halogens is 2. The molecule has 0 saturated carbocycles. The van der Waals surface area contributed by atoms with Crippen molar-refractivity contribution in [3.8, 4) is 17.1 Å². The summed E-state index contributed by atoms with van der Waals surface area (Å²) in [5, 5.41) is 4.72. The number of hydrogen-bond acceptors (Lipinski definition) is 6. The average Bonchev–Trinajstić information content (AvgIpc) is 3.09. The Labute approximate surface area is 172 Å². The van der Waals surface area contributed by atoms with Crippen molar-refractivity contribution in [2.24, 2.45) is 0 Å². The molecule has 0 radical (unpaired) electrons. The zero-order chi connectivity index (χ0) is 20.3. The largest absolute Gasteiger partial charge is 0.491 e. The lowest BCUT2D eigenvalue weighted by Crippen LogP contribution is -2.11. The van der Waals surface area contributed by atoms with Gasteiger partial charge in [-0.15, -0.1) is 0 Å². The Hall–Kier alpha value is -2.57. The predicted octanol–water partition coefficient (Wildman–Crippen LogP) is 5.48. The SMILES string of the molecule is CC(=O)OC(c1ccc(OC(C)C)cc1)c1nc(-c2c(Cl)cccc2Cl)no1. The summed E-state index contributed by atoms with van der Waals surface area (Å²) in [5.74, 6) is 0.540. The van der Waals surface area contributed by atoms with Crippen LogP contribution in [0.1, 0.15) is 38.3 Å². The van der Waals surface area contributed by atoms with Crippen molar-refractivity contribution in [1.82, 2.24) is 10.1 Å². The minimum absolute atomic E-state index is 0.0500. The van der Waals surface area contributed by atoms with Gasteiger partial charge in [-0.2, -0.15) is 4.98 Å². The van der Waals surface area contributed by atoms with Crippen LogP contribution in [0.15, 0.2) is 47.0 Å². The predicted molar refractivity (Wildman–Crippen MR) is 106 cm³/mol. The molecule has 8 heteroatoms. The summed E-state index contributed by atoms with van der Waals surface area (Å²) in [4.78, 5) is 16.0. The lowest BCUT2D eigenvalue weighted by molar-refractivity contribution is -0.145. The van der Waals surface area contributed by atoms with Gasteiger partial charge < -0.3 is 14.0 Å². The summed E-state index contributed by atoms with van der Waals surface area (Å²) >= 11 is 12.4. The van der Waals surface area contributed by atoms with Crippen LogP contribution in [-0.4, -0.2) is 22.2 Å². The van der Waals surface area contributed by atoms with Gasteiger partial charge in [-0.05, 0) is 38.1 Å². The number of esters is 1. The second-order valence-electron chi connectivity index (χ2n) is 6.28. The van der Waals surface area contributed by atoms with Gasteiger partial charge in [0.05, 0.1) is 21.7 Å². The molecular formula is C20H18Cl2N2O4. The van der Waals surface area contributed by atoms with E-state index in [0.29, 0.717) is 26.9 Å². The third-order valence-electron chi connectivity index (χ3n) is 3.69. The van der Waals surface area contributed by atoms with Gasteiger partial charge in [0.25, 0.3) is 5.89 Å². The third-order valence-corrected chi connectivity index (χ3v) is 4.32. The molecule has 0 aliphatic heterocycles. The van der Waals surface area contributed by atoms with Crippen LogP contribution in [0.3, 0.4) is 0 Å². The monoisotopic (exact) mass is 420 g/mol. The van der Waals surface area contributed by atoms with Crippen molar-refractivity contribution in [2.75, 3.05) is 0 Å². The molecule has 1 aromatic heterocycles. The minimum Gasteiger partial charge on any atom is -0.491 e. The molecule has 0 fully saturated rings. The molecule has 3 aromatic rings. The Bertz CT molecular complexity index is 950. The molecule has 0 saturated heterocycles. The molecule has 6 nitrogen and oxygen atoms in total. The second-order valence-corrected chi connectivity index (χ2v) is 7.09. The first-order valence-corrected chi connectivity index (χ1v) is 9.32. The van der Waals surface area contributed by atoms with E-state index in [1.165, 1.54) is 6.92 Å². The van der Waals surface area contributed by atoms with E-state index in [-0.39, 0.29) is 17.8 Å². The fraction of sp³-hybridized carbons (Fsp3) is 0.250. The van der Waals surface area contributed by atoms with E-state index in [1.54, 1.807) is 42.5 Å². The number of benzene rings is 2. The number of ether oxygens (including phenoxy) is 2. The number of nitrogens with zero attached hydrogens (tertiary/aromatic N) is 2. The van der Waals surface area contributed by atoms with Crippen LogP contribution in [-0.2, 0) is 9.53 Å². The van der Waals surface area contributed by atoms with E-state index in [1.807, 2.05) is 13.8 Å². The van der Waals surface area contributed by atoms with Gasteiger partial charge in [0.2, 0.25) is 11.9 Å². The third kappa shape index (κ3) is 4.64. The van der Waals surface area contributed by atoms with Crippen LogP contribution in [0.5, 0.6) is 5.75 Å². The summed E-state index contributed by atoms with van der Waals surface area (Å²) in [6.45, 7) is 5.19. The molecule has 1 atom stereocenters. The van der Waals surface area contributed by atoms with Crippen LogP contribution < -0.4 is 4.74 Å². The molecule has 3 rings (SSSR count). The van der Waals surface area contributed by atoms with Gasteiger partial charge in [-0.3, -0.25) is 4.79 Å². The van der Waals surface area contributed by atoms with Crippen molar-refractivity contribution in [1.29, 1.82) is 0 Å². The molecule has 146 valence electrons. The first kappa shape index (κ1) is 20.2. The Balaban J connectivity index is 1.95. The fourth-order valence-electron chi connectivity index (χ4n) is 2.58. The molecule has 28 heavy (non-hydrogen) atoms. The van der Waals surface area contributed by atoms with E-state index >= 15 is 0 Å². The number of rotatable bonds is 6. The Kier molecular flexibility index (Phi) is 6.21.